The number of carbonyl (C=O) groups excluding carboxylic acids is 1. The number of carbonyl (C=O) groups is 1. The van der Waals surface area contributed by atoms with E-state index in [0.717, 1.165) is 11.1 Å². The fourth-order valence-electron chi connectivity index (χ4n) is 3.71. The molecule has 0 amide bonds. The van der Waals surface area contributed by atoms with Crippen LogP contribution in [-0.4, -0.2) is 33.1 Å². The zero-order chi connectivity index (χ0) is 18.8. The van der Waals surface area contributed by atoms with Crippen molar-refractivity contribution in [3.8, 4) is 11.5 Å². The normalized spacial score (nSPS) is 26.5. The van der Waals surface area contributed by atoms with Crippen molar-refractivity contribution in [2.24, 2.45) is 11.8 Å². The molecule has 4 rings (SSSR count). The molecule has 0 bridgehead atoms. The van der Waals surface area contributed by atoms with E-state index in [1.807, 2.05) is 48.5 Å². The summed E-state index contributed by atoms with van der Waals surface area (Å²) >= 11 is 0. The molecule has 2 aliphatic rings. The lowest BCUT2D eigenvalue weighted by Crippen LogP contribution is -2.21. The molecule has 4 atom stereocenters. The summed E-state index contributed by atoms with van der Waals surface area (Å²) in [5, 5.41) is 0. The summed E-state index contributed by atoms with van der Waals surface area (Å²) in [6.07, 6.45) is -0.876. The van der Waals surface area contributed by atoms with Gasteiger partial charge in [-0.1, -0.05) is 36.4 Å². The maximum Gasteiger partial charge on any atom is 0.312 e. The molecule has 0 spiro atoms. The number of ether oxygens (including phenoxy) is 5. The molecule has 0 saturated carbocycles. The van der Waals surface area contributed by atoms with Gasteiger partial charge in [-0.3, -0.25) is 4.79 Å². The highest BCUT2D eigenvalue weighted by atomic mass is 16.7. The molecule has 27 heavy (non-hydrogen) atoms. The highest BCUT2D eigenvalue weighted by Crippen LogP contribution is 2.47. The Hall–Kier alpha value is -2.57. The minimum atomic E-state index is -0.452. The van der Waals surface area contributed by atoms with Crippen molar-refractivity contribution in [3.63, 3.8) is 0 Å². The van der Waals surface area contributed by atoms with Crippen molar-refractivity contribution in [1.82, 2.24) is 0 Å². The number of hydrogen-bond donors (Lipinski definition) is 0. The van der Waals surface area contributed by atoms with Gasteiger partial charge < -0.3 is 23.7 Å². The number of hydrogen-bond acceptors (Lipinski definition) is 6. The van der Waals surface area contributed by atoms with Crippen molar-refractivity contribution in [3.05, 3.63) is 59.7 Å². The van der Waals surface area contributed by atoms with Crippen molar-refractivity contribution < 1.29 is 28.5 Å². The average molecular weight is 370 g/mol. The first-order valence-corrected chi connectivity index (χ1v) is 8.91. The van der Waals surface area contributed by atoms with E-state index in [1.54, 1.807) is 14.2 Å². The van der Waals surface area contributed by atoms with Crippen LogP contribution in [0.5, 0.6) is 11.5 Å². The lowest BCUT2D eigenvalue weighted by atomic mass is 9.89. The fourth-order valence-corrected chi connectivity index (χ4v) is 3.71. The summed E-state index contributed by atoms with van der Waals surface area (Å²) in [6, 6.07) is 15.5. The van der Waals surface area contributed by atoms with Gasteiger partial charge in [0.2, 0.25) is 0 Å². The monoisotopic (exact) mass is 370 g/mol. The van der Waals surface area contributed by atoms with Crippen LogP contribution in [0.4, 0.5) is 0 Å². The Morgan fingerprint density at radius 3 is 2.63 bits per heavy atom. The van der Waals surface area contributed by atoms with Crippen LogP contribution in [0, 0.1) is 11.8 Å². The number of esters is 1. The van der Waals surface area contributed by atoms with Crippen molar-refractivity contribution in [2.75, 3.05) is 20.8 Å². The predicted molar refractivity (Wildman–Crippen MR) is 96.3 cm³/mol. The van der Waals surface area contributed by atoms with E-state index in [4.69, 9.17) is 23.7 Å². The number of benzene rings is 2. The Morgan fingerprint density at radius 2 is 1.89 bits per heavy atom. The summed E-state index contributed by atoms with van der Waals surface area (Å²) in [4.78, 5) is 12.2. The molecular weight excluding hydrogens is 348 g/mol. The first-order valence-electron chi connectivity index (χ1n) is 8.91. The third kappa shape index (κ3) is 3.38. The smallest absolute Gasteiger partial charge is 0.312 e. The molecule has 0 N–H and O–H groups in total. The van der Waals surface area contributed by atoms with Crippen LogP contribution in [0.1, 0.15) is 17.2 Å². The summed E-state index contributed by atoms with van der Waals surface area (Å²) in [5.41, 5.74) is 1.91. The van der Waals surface area contributed by atoms with Crippen LogP contribution < -0.4 is 9.47 Å². The van der Waals surface area contributed by atoms with Gasteiger partial charge in [-0.2, -0.15) is 0 Å². The third-order valence-electron chi connectivity index (χ3n) is 5.09. The Labute approximate surface area is 157 Å². The average Bonchev–Trinajstić information content (AvgIpc) is 3.27. The molecular formula is C21H22O6. The summed E-state index contributed by atoms with van der Waals surface area (Å²) in [6.45, 7) is 0.771. The Balaban J connectivity index is 1.55. The molecule has 6 nitrogen and oxygen atoms in total. The molecule has 0 unspecified atom stereocenters. The molecule has 2 heterocycles. The van der Waals surface area contributed by atoms with Crippen LogP contribution in [0.3, 0.4) is 0 Å². The van der Waals surface area contributed by atoms with Gasteiger partial charge in [0.05, 0.1) is 31.7 Å². The zero-order valence-corrected chi connectivity index (χ0v) is 15.3. The molecule has 0 aliphatic carbocycles. The van der Waals surface area contributed by atoms with E-state index in [1.165, 1.54) is 0 Å². The number of fused-ring (bicyclic) bond motifs is 1. The van der Waals surface area contributed by atoms with Crippen LogP contribution in [0.2, 0.25) is 0 Å². The minimum Gasteiger partial charge on any atom is -0.493 e. The lowest BCUT2D eigenvalue weighted by Gasteiger charge is -2.18. The fraction of sp³-hybridized carbons (Fsp3) is 0.381. The molecule has 0 aromatic heterocycles. The van der Waals surface area contributed by atoms with E-state index in [-0.39, 0.29) is 17.8 Å². The van der Waals surface area contributed by atoms with Crippen molar-refractivity contribution in [2.45, 2.75) is 19.0 Å². The summed E-state index contributed by atoms with van der Waals surface area (Å²) in [7, 11) is 3.17. The summed E-state index contributed by atoms with van der Waals surface area (Å²) in [5.74, 6) is 0.531. The second-order valence-corrected chi connectivity index (χ2v) is 6.67. The van der Waals surface area contributed by atoms with Gasteiger partial charge in [-0.25, -0.2) is 0 Å². The van der Waals surface area contributed by atoms with Gasteiger partial charge >= 0.3 is 5.97 Å². The van der Waals surface area contributed by atoms with Gasteiger partial charge in [0.25, 0.3) is 0 Å². The lowest BCUT2D eigenvalue weighted by molar-refractivity contribution is -0.157. The highest BCUT2D eigenvalue weighted by molar-refractivity contribution is 5.76. The molecule has 6 heteroatoms. The second kappa shape index (κ2) is 7.58. The molecule has 2 aromatic rings. The van der Waals surface area contributed by atoms with Crippen LogP contribution in [0.15, 0.2) is 48.5 Å². The predicted octanol–water partition coefficient (Wildman–Crippen LogP) is 3.11. The van der Waals surface area contributed by atoms with Crippen LogP contribution >= 0.6 is 0 Å². The number of methoxy groups -OCH3 is 2. The van der Waals surface area contributed by atoms with Gasteiger partial charge in [0.1, 0.15) is 6.61 Å². The second-order valence-electron chi connectivity index (χ2n) is 6.67. The standard InChI is InChI=1S/C21H22O6/c1-23-17-10-14(8-9-16(17)25-11-13-6-4-3-5-7-13)19-18-15(12-26-20(18)22)21(24-2)27-19/h3-10,15,18-19,21H,11-12H2,1-2H3/t15-,18+,19-,21+/m0/s1. The zero-order valence-electron chi connectivity index (χ0n) is 15.3. The number of rotatable bonds is 6. The minimum absolute atomic E-state index is 0.0903. The van der Waals surface area contributed by atoms with E-state index < -0.39 is 12.4 Å². The Bertz CT molecular complexity index is 806. The van der Waals surface area contributed by atoms with Crippen molar-refractivity contribution >= 4 is 5.97 Å². The SMILES string of the molecule is COc1cc([C@@H]2O[C@@H](OC)[C@H]3COC(=O)[C@H]32)ccc1OCc1ccccc1. The third-order valence-corrected chi connectivity index (χ3v) is 5.09. The Kier molecular flexibility index (Phi) is 5.01. The molecule has 2 aliphatic heterocycles. The molecule has 2 saturated heterocycles. The molecule has 2 fully saturated rings. The van der Waals surface area contributed by atoms with E-state index in [9.17, 15) is 4.79 Å². The topological polar surface area (TPSA) is 63.2 Å². The van der Waals surface area contributed by atoms with Gasteiger partial charge in [-0.15, -0.1) is 0 Å². The van der Waals surface area contributed by atoms with E-state index in [2.05, 4.69) is 0 Å². The van der Waals surface area contributed by atoms with Gasteiger partial charge in [-0.05, 0) is 23.3 Å². The summed E-state index contributed by atoms with van der Waals surface area (Å²) < 4.78 is 28.0. The first-order chi connectivity index (χ1) is 13.2. The van der Waals surface area contributed by atoms with Crippen LogP contribution in [0.25, 0.3) is 0 Å². The maximum atomic E-state index is 12.2. The molecule has 142 valence electrons. The van der Waals surface area contributed by atoms with Crippen molar-refractivity contribution in [1.29, 1.82) is 0 Å². The van der Waals surface area contributed by atoms with Gasteiger partial charge in [0.15, 0.2) is 17.8 Å². The van der Waals surface area contributed by atoms with Crippen LogP contribution in [-0.2, 0) is 25.6 Å². The molecule has 2 aromatic carbocycles. The first kappa shape index (κ1) is 17.8. The van der Waals surface area contributed by atoms with E-state index >= 15 is 0 Å². The molecule has 0 radical (unpaired) electrons. The largest absolute Gasteiger partial charge is 0.493 e. The Morgan fingerprint density at radius 1 is 1.07 bits per heavy atom. The van der Waals surface area contributed by atoms with E-state index in [0.29, 0.717) is 24.7 Å². The maximum absolute atomic E-state index is 12.2. The highest BCUT2D eigenvalue weighted by Gasteiger charge is 2.54. The number of cyclic esters (lactones) is 1. The van der Waals surface area contributed by atoms with Gasteiger partial charge in [0, 0.05) is 7.11 Å². The quantitative estimate of drug-likeness (QED) is 0.728.